The number of benzene rings is 1. The Morgan fingerprint density at radius 2 is 2.00 bits per heavy atom. The van der Waals surface area contributed by atoms with Gasteiger partial charge in [-0.1, -0.05) is 0 Å². The molecule has 100 valence electrons. The van der Waals surface area contributed by atoms with Gasteiger partial charge in [-0.05, 0) is 25.6 Å². The molecule has 1 aromatic carbocycles. The summed E-state index contributed by atoms with van der Waals surface area (Å²) in [4.78, 5) is 1.98. The Labute approximate surface area is 107 Å². The number of phenolic OH excluding ortho intramolecular Hbond substituents is 1. The smallest absolute Gasteiger partial charge is 0.203 e. The van der Waals surface area contributed by atoms with Crippen LogP contribution in [0.3, 0.4) is 0 Å². The van der Waals surface area contributed by atoms with Gasteiger partial charge in [0.15, 0.2) is 11.5 Å². The minimum Gasteiger partial charge on any atom is -0.504 e. The fraction of sp³-hybridized carbons (Fsp3) is 0.538. The summed E-state index contributed by atoms with van der Waals surface area (Å²) in [7, 11) is 4.90. The van der Waals surface area contributed by atoms with E-state index in [1.54, 1.807) is 6.07 Å². The van der Waals surface area contributed by atoms with E-state index in [2.05, 4.69) is 0 Å². The van der Waals surface area contributed by atoms with Crippen LogP contribution in [0.25, 0.3) is 0 Å². The molecule has 5 heteroatoms. The highest BCUT2D eigenvalue weighted by Crippen LogP contribution is 2.48. The minimum atomic E-state index is -0.632. The van der Waals surface area contributed by atoms with Gasteiger partial charge in [0.05, 0.1) is 20.3 Å². The van der Waals surface area contributed by atoms with Crippen molar-refractivity contribution < 1.29 is 19.7 Å². The molecule has 0 amide bonds. The molecule has 18 heavy (non-hydrogen) atoms. The molecule has 1 aromatic rings. The van der Waals surface area contributed by atoms with E-state index in [1.165, 1.54) is 14.2 Å². The zero-order valence-corrected chi connectivity index (χ0v) is 11.1. The summed E-state index contributed by atoms with van der Waals surface area (Å²) in [6.07, 6.45) is -0.632. The highest BCUT2D eigenvalue weighted by Gasteiger charge is 2.32. The first-order chi connectivity index (χ1) is 8.51. The second-order valence-corrected chi connectivity index (χ2v) is 4.59. The lowest BCUT2D eigenvalue weighted by molar-refractivity contribution is 0.0867. The number of aliphatic hydroxyl groups is 1. The Hall–Kier alpha value is -1.46. The third-order valence-electron chi connectivity index (χ3n) is 3.61. The number of nitrogens with zero attached hydrogens (tertiary/aromatic N) is 1. The Bertz CT molecular complexity index is 461. The van der Waals surface area contributed by atoms with Crippen LogP contribution in [0.4, 0.5) is 0 Å². The van der Waals surface area contributed by atoms with Crippen LogP contribution < -0.4 is 9.47 Å². The van der Waals surface area contributed by atoms with Gasteiger partial charge in [0.1, 0.15) is 0 Å². The number of fused-ring (bicyclic) bond motifs is 1. The molecule has 0 spiro atoms. The van der Waals surface area contributed by atoms with Crippen molar-refractivity contribution in [3.8, 4) is 17.2 Å². The van der Waals surface area contributed by atoms with Crippen molar-refractivity contribution >= 4 is 0 Å². The third-order valence-corrected chi connectivity index (χ3v) is 3.61. The Balaban J connectivity index is 2.67. The number of aromatic hydroxyl groups is 1. The van der Waals surface area contributed by atoms with Crippen molar-refractivity contribution in [1.82, 2.24) is 4.90 Å². The second-order valence-electron chi connectivity index (χ2n) is 4.59. The fourth-order valence-electron chi connectivity index (χ4n) is 2.47. The molecule has 2 atom stereocenters. The lowest BCUT2D eigenvalue weighted by atomic mass is 9.90. The topological polar surface area (TPSA) is 62.2 Å². The van der Waals surface area contributed by atoms with Crippen molar-refractivity contribution in [3.05, 3.63) is 17.2 Å². The quantitative estimate of drug-likeness (QED) is 0.835. The molecule has 0 aromatic heterocycles. The SMILES string of the molecule is COc1cc2c(c(O)c1OC)[C@@H](C)N(C)C[C@@H]2O. The van der Waals surface area contributed by atoms with Gasteiger partial charge in [0, 0.05) is 18.2 Å². The minimum absolute atomic E-state index is 0.0169. The maximum absolute atomic E-state index is 10.3. The Kier molecular flexibility index (Phi) is 3.36. The third kappa shape index (κ3) is 1.79. The first kappa shape index (κ1) is 13.0. The number of aliphatic hydroxyl groups excluding tert-OH is 1. The zero-order chi connectivity index (χ0) is 13.4. The average molecular weight is 253 g/mol. The summed E-state index contributed by atoms with van der Waals surface area (Å²) in [6.45, 7) is 2.51. The van der Waals surface area contributed by atoms with Gasteiger partial charge in [0.2, 0.25) is 5.75 Å². The highest BCUT2D eigenvalue weighted by atomic mass is 16.5. The molecular formula is C13H19NO4. The standard InChI is InChI=1S/C13H19NO4/c1-7-11-8(9(15)6-14(7)2)5-10(17-3)13(18-4)12(11)16/h5,7,9,15-16H,6H2,1-4H3/t7-,9+/m1/s1. The number of likely N-dealkylation sites (N-methyl/N-ethyl adjacent to an activating group) is 1. The second kappa shape index (κ2) is 4.66. The van der Waals surface area contributed by atoms with E-state index in [9.17, 15) is 10.2 Å². The molecule has 1 aliphatic rings. The van der Waals surface area contributed by atoms with Gasteiger partial charge in [-0.2, -0.15) is 0 Å². The summed E-state index contributed by atoms with van der Waals surface area (Å²) >= 11 is 0. The van der Waals surface area contributed by atoms with Gasteiger partial charge >= 0.3 is 0 Å². The molecule has 0 unspecified atom stereocenters. The molecule has 0 radical (unpaired) electrons. The summed E-state index contributed by atoms with van der Waals surface area (Å²) in [5.74, 6) is 0.792. The predicted molar refractivity (Wildman–Crippen MR) is 67.2 cm³/mol. The monoisotopic (exact) mass is 253 g/mol. The number of rotatable bonds is 2. The average Bonchev–Trinajstić information content (AvgIpc) is 2.35. The molecule has 1 heterocycles. The van der Waals surface area contributed by atoms with E-state index >= 15 is 0 Å². The number of hydrogen-bond acceptors (Lipinski definition) is 5. The molecule has 0 saturated carbocycles. The summed E-state index contributed by atoms with van der Waals surface area (Å²) in [6, 6.07) is 1.76. The predicted octanol–water partition coefficient (Wildman–Crippen LogP) is 1.45. The van der Waals surface area contributed by atoms with E-state index < -0.39 is 6.10 Å². The molecule has 2 N–H and O–H groups in total. The van der Waals surface area contributed by atoms with Gasteiger partial charge in [-0.3, -0.25) is 4.90 Å². The lowest BCUT2D eigenvalue weighted by Crippen LogP contribution is -2.33. The van der Waals surface area contributed by atoms with Crippen molar-refractivity contribution in [3.63, 3.8) is 0 Å². The van der Waals surface area contributed by atoms with Crippen LogP contribution in [0.5, 0.6) is 17.2 Å². The van der Waals surface area contributed by atoms with Crippen molar-refractivity contribution in [1.29, 1.82) is 0 Å². The maximum Gasteiger partial charge on any atom is 0.203 e. The number of methoxy groups -OCH3 is 2. The van der Waals surface area contributed by atoms with Crippen molar-refractivity contribution in [2.75, 3.05) is 27.8 Å². The number of ether oxygens (including phenoxy) is 2. The van der Waals surface area contributed by atoms with Gasteiger partial charge in [-0.15, -0.1) is 0 Å². The summed E-state index contributed by atoms with van der Waals surface area (Å²) in [5.41, 5.74) is 1.41. The number of β-amino-alcohol motifs (C(OH)–C–C–N with tert-alkyl or cyclic N) is 1. The summed E-state index contributed by atoms with van der Waals surface area (Å²) in [5, 5.41) is 20.4. The zero-order valence-electron chi connectivity index (χ0n) is 11.1. The van der Waals surface area contributed by atoms with Crippen molar-refractivity contribution in [2.45, 2.75) is 19.1 Å². The van der Waals surface area contributed by atoms with Crippen LogP contribution in [0.2, 0.25) is 0 Å². The van der Waals surface area contributed by atoms with Crippen LogP contribution >= 0.6 is 0 Å². The van der Waals surface area contributed by atoms with Gasteiger partial charge in [0.25, 0.3) is 0 Å². The molecule has 2 rings (SSSR count). The Morgan fingerprint density at radius 3 is 2.56 bits per heavy atom. The van der Waals surface area contributed by atoms with E-state index in [0.717, 1.165) is 0 Å². The molecule has 0 fully saturated rings. The van der Waals surface area contributed by atoms with E-state index in [1.807, 2.05) is 18.9 Å². The molecular weight excluding hydrogens is 234 g/mol. The Morgan fingerprint density at radius 1 is 1.33 bits per heavy atom. The van der Waals surface area contributed by atoms with Crippen LogP contribution in [0.1, 0.15) is 30.2 Å². The first-order valence-electron chi connectivity index (χ1n) is 5.87. The molecule has 5 nitrogen and oxygen atoms in total. The van der Waals surface area contributed by atoms with Crippen LogP contribution in [0, 0.1) is 0 Å². The van der Waals surface area contributed by atoms with Crippen LogP contribution in [-0.4, -0.2) is 42.9 Å². The van der Waals surface area contributed by atoms with E-state index in [0.29, 0.717) is 29.2 Å². The van der Waals surface area contributed by atoms with E-state index in [-0.39, 0.29) is 11.8 Å². The van der Waals surface area contributed by atoms with Gasteiger partial charge < -0.3 is 19.7 Å². The lowest BCUT2D eigenvalue weighted by Gasteiger charge is -2.36. The molecule has 0 saturated heterocycles. The van der Waals surface area contributed by atoms with Gasteiger partial charge in [-0.25, -0.2) is 0 Å². The van der Waals surface area contributed by atoms with Crippen molar-refractivity contribution in [2.24, 2.45) is 0 Å². The molecule has 0 bridgehead atoms. The number of hydrogen-bond donors (Lipinski definition) is 2. The fourth-order valence-corrected chi connectivity index (χ4v) is 2.47. The molecule has 1 aliphatic heterocycles. The van der Waals surface area contributed by atoms with E-state index in [4.69, 9.17) is 9.47 Å². The normalized spacial score (nSPS) is 23.6. The largest absolute Gasteiger partial charge is 0.504 e. The number of phenols is 1. The molecule has 0 aliphatic carbocycles. The van der Waals surface area contributed by atoms with Crippen LogP contribution in [0.15, 0.2) is 6.07 Å². The summed E-state index contributed by atoms with van der Waals surface area (Å²) < 4.78 is 10.4. The van der Waals surface area contributed by atoms with Crippen LogP contribution in [-0.2, 0) is 0 Å². The first-order valence-corrected chi connectivity index (χ1v) is 5.87. The maximum atomic E-state index is 10.3. The highest BCUT2D eigenvalue weighted by molar-refractivity contribution is 5.60.